The van der Waals surface area contributed by atoms with Crippen LogP contribution in [0.25, 0.3) is 0 Å². The summed E-state index contributed by atoms with van der Waals surface area (Å²) in [5.41, 5.74) is 7.83. The molecule has 1 heteroatoms. The van der Waals surface area contributed by atoms with E-state index in [1.807, 2.05) is 0 Å². The highest BCUT2D eigenvalue weighted by molar-refractivity contribution is 5.15. The van der Waals surface area contributed by atoms with E-state index in [1.165, 1.54) is 37.7 Å². The maximum atomic E-state index is 6.35. The third-order valence-electron chi connectivity index (χ3n) is 4.50. The van der Waals surface area contributed by atoms with E-state index in [0.29, 0.717) is 12.0 Å². The third kappa shape index (κ3) is 3.58. The van der Waals surface area contributed by atoms with Crippen LogP contribution in [0.3, 0.4) is 0 Å². The van der Waals surface area contributed by atoms with Crippen LogP contribution >= 0.6 is 0 Å². The Morgan fingerprint density at radius 1 is 1.17 bits per heavy atom. The van der Waals surface area contributed by atoms with Crippen LogP contribution in [0.15, 0.2) is 30.3 Å². The highest BCUT2D eigenvalue weighted by Crippen LogP contribution is 2.34. The van der Waals surface area contributed by atoms with E-state index in [1.54, 1.807) is 0 Å². The van der Waals surface area contributed by atoms with Crippen molar-refractivity contribution in [3.63, 3.8) is 0 Å². The molecule has 1 aromatic carbocycles. The zero-order valence-corrected chi connectivity index (χ0v) is 11.8. The van der Waals surface area contributed by atoms with Crippen molar-refractivity contribution in [1.82, 2.24) is 0 Å². The van der Waals surface area contributed by atoms with Gasteiger partial charge in [0.1, 0.15) is 0 Å². The summed E-state index contributed by atoms with van der Waals surface area (Å²) in [4.78, 5) is 0. The summed E-state index contributed by atoms with van der Waals surface area (Å²) < 4.78 is 0. The minimum atomic E-state index is 0.392. The molecule has 1 saturated carbocycles. The SMILES string of the molecule is CC(C)C(N)C1CCCC(Cc2ccccc2)C1. The third-order valence-corrected chi connectivity index (χ3v) is 4.50. The van der Waals surface area contributed by atoms with E-state index in [-0.39, 0.29) is 0 Å². The fourth-order valence-corrected chi connectivity index (χ4v) is 3.36. The molecule has 100 valence electrons. The quantitative estimate of drug-likeness (QED) is 0.852. The lowest BCUT2D eigenvalue weighted by atomic mass is 9.73. The molecule has 1 aliphatic rings. The van der Waals surface area contributed by atoms with E-state index in [9.17, 15) is 0 Å². The van der Waals surface area contributed by atoms with Crippen molar-refractivity contribution < 1.29 is 0 Å². The van der Waals surface area contributed by atoms with Crippen LogP contribution in [0.1, 0.15) is 45.1 Å². The van der Waals surface area contributed by atoms with Gasteiger partial charge in [-0.2, -0.15) is 0 Å². The fourth-order valence-electron chi connectivity index (χ4n) is 3.36. The van der Waals surface area contributed by atoms with Crippen LogP contribution in [0, 0.1) is 17.8 Å². The summed E-state index contributed by atoms with van der Waals surface area (Å²) in [5, 5.41) is 0. The van der Waals surface area contributed by atoms with Gasteiger partial charge in [-0.05, 0) is 42.6 Å². The molecule has 0 aliphatic heterocycles. The Balaban J connectivity index is 1.91. The first-order valence-corrected chi connectivity index (χ1v) is 7.46. The molecular formula is C17H27N. The Morgan fingerprint density at radius 3 is 2.56 bits per heavy atom. The van der Waals surface area contributed by atoms with Crippen molar-refractivity contribution in [2.75, 3.05) is 0 Å². The van der Waals surface area contributed by atoms with Gasteiger partial charge in [0.15, 0.2) is 0 Å². The Labute approximate surface area is 112 Å². The maximum absolute atomic E-state index is 6.35. The van der Waals surface area contributed by atoms with E-state index < -0.39 is 0 Å². The van der Waals surface area contributed by atoms with E-state index >= 15 is 0 Å². The molecular weight excluding hydrogens is 218 g/mol. The van der Waals surface area contributed by atoms with Gasteiger partial charge in [-0.15, -0.1) is 0 Å². The normalized spacial score (nSPS) is 26.2. The van der Waals surface area contributed by atoms with Crippen molar-refractivity contribution in [1.29, 1.82) is 0 Å². The average molecular weight is 245 g/mol. The highest BCUT2D eigenvalue weighted by Gasteiger charge is 2.27. The van der Waals surface area contributed by atoms with Crippen molar-refractivity contribution >= 4 is 0 Å². The molecule has 1 nitrogen and oxygen atoms in total. The van der Waals surface area contributed by atoms with Gasteiger partial charge in [0.2, 0.25) is 0 Å². The molecule has 0 spiro atoms. The van der Waals surface area contributed by atoms with Crippen LogP contribution in [0.5, 0.6) is 0 Å². The van der Waals surface area contributed by atoms with Crippen molar-refractivity contribution in [2.24, 2.45) is 23.5 Å². The van der Waals surface area contributed by atoms with Gasteiger partial charge in [0.25, 0.3) is 0 Å². The lowest BCUT2D eigenvalue weighted by molar-refractivity contribution is 0.207. The molecule has 1 aromatic rings. The second-order valence-electron chi connectivity index (χ2n) is 6.30. The Bertz CT molecular complexity index is 344. The van der Waals surface area contributed by atoms with Crippen LogP contribution in [-0.2, 0) is 6.42 Å². The zero-order valence-electron chi connectivity index (χ0n) is 11.8. The van der Waals surface area contributed by atoms with Crippen molar-refractivity contribution in [2.45, 2.75) is 52.0 Å². The maximum Gasteiger partial charge on any atom is 0.00904 e. The first kappa shape index (κ1) is 13.6. The fraction of sp³-hybridized carbons (Fsp3) is 0.647. The molecule has 2 N–H and O–H groups in total. The van der Waals surface area contributed by atoms with Crippen LogP contribution in [0.2, 0.25) is 0 Å². The summed E-state index contributed by atoms with van der Waals surface area (Å²) in [6.45, 7) is 4.51. The molecule has 0 aromatic heterocycles. The molecule has 0 bridgehead atoms. The van der Waals surface area contributed by atoms with Gasteiger partial charge in [-0.3, -0.25) is 0 Å². The molecule has 18 heavy (non-hydrogen) atoms. The van der Waals surface area contributed by atoms with E-state index in [0.717, 1.165) is 11.8 Å². The molecule has 0 radical (unpaired) electrons. The highest BCUT2D eigenvalue weighted by atomic mass is 14.7. The predicted octanol–water partition coefficient (Wildman–Crippen LogP) is 4.02. The Kier molecular flexibility index (Phi) is 4.82. The Hall–Kier alpha value is -0.820. The molecule has 1 fully saturated rings. The topological polar surface area (TPSA) is 26.0 Å². The molecule has 0 heterocycles. The second-order valence-corrected chi connectivity index (χ2v) is 6.30. The second kappa shape index (κ2) is 6.38. The van der Waals surface area contributed by atoms with Gasteiger partial charge in [-0.25, -0.2) is 0 Å². The van der Waals surface area contributed by atoms with Crippen LogP contribution in [0.4, 0.5) is 0 Å². The molecule has 0 amide bonds. The largest absolute Gasteiger partial charge is 0.327 e. The van der Waals surface area contributed by atoms with Gasteiger partial charge >= 0.3 is 0 Å². The average Bonchev–Trinajstić information content (AvgIpc) is 2.39. The smallest absolute Gasteiger partial charge is 0.00904 e. The summed E-state index contributed by atoms with van der Waals surface area (Å²) in [6, 6.07) is 11.3. The lowest BCUT2D eigenvalue weighted by Gasteiger charge is -2.34. The van der Waals surface area contributed by atoms with Crippen LogP contribution in [-0.4, -0.2) is 6.04 Å². The van der Waals surface area contributed by atoms with Gasteiger partial charge in [0, 0.05) is 6.04 Å². The number of benzene rings is 1. The van der Waals surface area contributed by atoms with Crippen molar-refractivity contribution in [3.05, 3.63) is 35.9 Å². The molecule has 0 saturated heterocycles. The minimum Gasteiger partial charge on any atom is -0.327 e. The molecule has 3 atom stereocenters. The van der Waals surface area contributed by atoms with Gasteiger partial charge < -0.3 is 5.73 Å². The summed E-state index contributed by atoms with van der Waals surface area (Å²) in [7, 11) is 0. The molecule has 1 aliphatic carbocycles. The zero-order chi connectivity index (χ0) is 13.0. The first-order valence-electron chi connectivity index (χ1n) is 7.46. The van der Waals surface area contributed by atoms with Gasteiger partial charge in [0.05, 0.1) is 0 Å². The number of rotatable bonds is 4. The standard InChI is InChI=1S/C17H27N/c1-13(2)17(18)16-10-6-9-15(12-16)11-14-7-4-3-5-8-14/h3-5,7-8,13,15-17H,6,9-12,18H2,1-2H3. The Morgan fingerprint density at radius 2 is 1.89 bits per heavy atom. The number of nitrogens with two attached hydrogens (primary N) is 1. The summed E-state index contributed by atoms with van der Waals surface area (Å²) >= 11 is 0. The predicted molar refractivity (Wildman–Crippen MR) is 78.4 cm³/mol. The lowest BCUT2D eigenvalue weighted by Crippen LogP contribution is -2.38. The summed E-state index contributed by atoms with van der Waals surface area (Å²) in [5.74, 6) is 2.20. The monoisotopic (exact) mass is 245 g/mol. The molecule has 2 rings (SSSR count). The number of hydrogen-bond acceptors (Lipinski definition) is 1. The molecule has 3 unspecified atom stereocenters. The minimum absolute atomic E-state index is 0.392. The van der Waals surface area contributed by atoms with Crippen LogP contribution < -0.4 is 5.73 Å². The van der Waals surface area contributed by atoms with E-state index in [2.05, 4.69) is 44.2 Å². The first-order chi connectivity index (χ1) is 8.66. The van der Waals surface area contributed by atoms with Gasteiger partial charge in [-0.1, -0.05) is 57.0 Å². The van der Waals surface area contributed by atoms with Crippen molar-refractivity contribution in [3.8, 4) is 0 Å². The summed E-state index contributed by atoms with van der Waals surface area (Å²) in [6.07, 6.45) is 6.65. The van der Waals surface area contributed by atoms with E-state index in [4.69, 9.17) is 5.73 Å². The number of hydrogen-bond donors (Lipinski definition) is 1.